The first kappa shape index (κ1) is 14.5. The minimum absolute atomic E-state index is 0.0303. The van der Waals surface area contributed by atoms with Crippen molar-refractivity contribution in [3.8, 4) is 0 Å². The highest BCUT2D eigenvalue weighted by Crippen LogP contribution is 2.42. The Hall–Kier alpha value is -0.120. The molecule has 0 unspecified atom stereocenters. The van der Waals surface area contributed by atoms with Crippen molar-refractivity contribution in [2.75, 3.05) is 19.6 Å². The molecule has 2 spiro atoms. The third kappa shape index (κ3) is 2.89. The van der Waals surface area contributed by atoms with Crippen LogP contribution in [0.3, 0.4) is 0 Å². The molecule has 2 heterocycles. The van der Waals surface area contributed by atoms with Crippen molar-refractivity contribution in [1.29, 1.82) is 0 Å². The molecule has 0 radical (unpaired) electrons. The Morgan fingerprint density at radius 1 is 0.810 bits per heavy atom. The molecular weight excluding hydrogens is 260 g/mol. The van der Waals surface area contributed by atoms with E-state index in [4.69, 9.17) is 4.74 Å². The second-order valence-corrected chi connectivity index (χ2v) is 8.02. The van der Waals surface area contributed by atoms with Gasteiger partial charge in [-0.3, -0.25) is 5.32 Å². The lowest BCUT2D eigenvalue weighted by atomic mass is 9.85. The van der Waals surface area contributed by atoms with Crippen LogP contribution in [0.1, 0.15) is 77.0 Å². The van der Waals surface area contributed by atoms with E-state index in [-0.39, 0.29) is 11.3 Å². The standard InChI is InChI=1S/C18H32N2O/c1-3-7-16(8-4-1)20-13-11-18(12-14-20)19-15-17(21-18)9-5-2-6-10-17/h16,19H,1-15H2. The molecule has 120 valence electrons. The van der Waals surface area contributed by atoms with Crippen LogP contribution in [-0.2, 0) is 4.74 Å². The van der Waals surface area contributed by atoms with Crippen LogP contribution in [0.4, 0.5) is 0 Å². The maximum absolute atomic E-state index is 6.72. The molecule has 0 aromatic carbocycles. The average molecular weight is 292 g/mol. The summed E-state index contributed by atoms with van der Waals surface area (Å²) in [6, 6.07) is 0.876. The fourth-order valence-electron chi connectivity index (χ4n) is 5.26. The van der Waals surface area contributed by atoms with Crippen LogP contribution in [0.25, 0.3) is 0 Å². The van der Waals surface area contributed by atoms with Gasteiger partial charge in [-0.15, -0.1) is 0 Å². The first-order valence-electron chi connectivity index (χ1n) is 9.49. The van der Waals surface area contributed by atoms with Gasteiger partial charge in [0.25, 0.3) is 0 Å². The SMILES string of the molecule is C1CCC(N2CCC3(CC2)NCC2(CCCCC2)O3)CC1. The molecule has 2 aliphatic carbocycles. The monoisotopic (exact) mass is 292 g/mol. The Morgan fingerprint density at radius 3 is 2.19 bits per heavy atom. The molecule has 0 aromatic heterocycles. The fraction of sp³-hybridized carbons (Fsp3) is 1.00. The molecule has 1 N–H and O–H groups in total. The summed E-state index contributed by atoms with van der Waals surface area (Å²) in [5.41, 5.74) is 0.230. The molecule has 2 aliphatic heterocycles. The van der Waals surface area contributed by atoms with E-state index in [1.807, 2.05) is 0 Å². The van der Waals surface area contributed by atoms with Gasteiger partial charge in [0.2, 0.25) is 0 Å². The zero-order valence-electron chi connectivity index (χ0n) is 13.5. The van der Waals surface area contributed by atoms with E-state index in [9.17, 15) is 0 Å². The normalized spacial score (nSPS) is 33.7. The highest BCUT2D eigenvalue weighted by molar-refractivity contribution is 5.01. The van der Waals surface area contributed by atoms with Crippen molar-refractivity contribution in [2.45, 2.75) is 94.4 Å². The van der Waals surface area contributed by atoms with Gasteiger partial charge in [-0.2, -0.15) is 0 Å². The lowest BCUT2D eigenvalue weighted by Gasteiger charge is -2.44. The molecule has 4 fully saturated rings. The molecular formula is C18H32N2O. The van der Waals surface area contributed by atoms with Crippen LogP contribution in [0, 0.1) is 0 Å². The number of nitrogens with one attached hydrogen (secondary N) is 1. The van der Waals surface area contributed by atoms with E-state index in [1.54, 1.807) is 0 Å². The largest absolute Gasteiger partial charge is 0.353 e. The summed E-state index contributed by atoms with van der Waals surface area (Å²) in [4.78, 5) is 2.77. The molecule has 3 heteroatoms. The number of likely N-dealkylation sites (tertiary alicyclic amines) is 1. The van der Waals surface area contributed by atoms with Crippen LogP contribution >= 0.6 is 0 Å². The van der Waals surface area contributed by atoms with Gasteiger partial charge in [0.05, 0.1) is 5.60 Å². The lowest BCUT2D eigenvalue weighted by Crippen LogP contribution is -2.53. The Morgan fingerprint density at radius 2 is 1.48 bits per heavy atom. The minimum atomic E-state index is 0.0303. The molecule has 2 saturated heterocycles. The number of ether oxygens (including phenoxy) is 1. The van der Waals surface area contributed by atoms with Gasteiger partial charge in [0.1, 0.15) is 5.72 Å². The lowest BCUT2D eigenvalue weighted by molar-refractivity contribution is -0.146. The number of rotatable bonds is 1. The molecule has 4 rings (SSSR count). The maximum Gasteiger partial charge on any atom is 0.122 e. The zero-order valence-corrected chi connectivity index (χ0v) is 13.5. The van der Waals surface area contributed by atoms with Crippen LogP contribution in [-0.4, -0.2) is 41.9 Å². The Kier molecular flexibility index (Phi) is 4.01. The van der Waals surface area contributed by atoms with Gasteiger partial charge < -0.3 is 9.64 Å². The van der Waals surface area contributed by atoms with E-state index < -0.39 is 0 Å². The smallest absolute Gasteiger partial charge is 0.122 e. The molecule has 0 bridgehead atoms. The Labute approximate surface area is 129 Å². The summed E-state index contributed by atoms with van der Waals surface area (Å²) in [5.74, 6) is 0. The quantitative estimate of drug-likeness (QED) is 0.801. The average Bonchev–Trinajstić information content (AvgIpc) is 2.88. The summed E-state index contributed by atoms with van der Waals surface area (Å²) < 4.78 is 6.72. The fourth-order valence-corrected chi connectivity index (χ4v) is 5.26. The molecule has 3 nitrogen and oxygen atoms in total. The van der Waals surface area contributed by atoms with E-state index in [0.29, 0.717) is 0 Å². The van der Waals surface area contributed by atoms with Crippen molar-refractivity contribution < 1.29 is 4.74 Å². The van der Waals surface area contributed by atoms with E-state index in [1.165, 1.54) is 90.1 Å². The van der Waals surface area contributed by atoms with Crippen LogP contribution < -0.4 is 5.32 Å². The summed E-state index contributed by atoms with van der Waals surface area (Å²) in [6.45, 7) is 3.60. The van der Waals surface area contributed by atoms with Crippen LogP contribution in [0.5, 0.6) is 0 Å². The Balaban J connectivity index is 1.34. The summed E-state index contributed by atoms with van der Waals surface area (Å²) >= 11 is 0. The molecule has 0 amide bonds. The van der Waals surface area contributed by atoms with Crippen LogP contribution in [0.2, 0.25) is 0 Å². The second-order valence-electron chi connectivity index (χ2n) is 8.02. The zero-order chi connectivity index (χ0) is 14.2. The first-order chi connectivity index (χ1) is 10.3. The topological polar surface area (TPSA) is 24.5 Å². The highest BCUT2D eigenvalue weighted by atomic mass is 16.6. The van der Waals surface area contributed by atoms with Crippen molar-refractivity contribution in [3.63, 3.8) is 0 Å². The van der Waals surface area contributed by atoms with Gasteiger partial charge in [0.15, 0.2) is 0 Å². The molecule has 2 saturated carbocycles. The summed E-state index contributed by atoms with van der Waals surface area (Å²) in [6.07, 6.45) is 16.3. The second kappa shape index (κ2) is 5.82. The maximum atomic E-state index is 6.72. The van der Waals surface area contributed by atoms with E-state index >= 15 is 0 Å². The third-order valence-electron chi connectivity index (χ3n) is 6.61. The van der Waals surface area contributed by atoms with Gasteiger partial charge in [0, 0.05) is 38.5 Å². The minimum Gasteiger partial charge on any atom is -0.353 e. The highest BCUT2D eigenvalue weighted by Gasteiger charge is 2.50. The van der Waals surface area contributed by atoms with Crippen molar-refractivity contribution in [1.82, 2.24) is 10.2 Å². The Bertz CT molecular complexity index is 350. The van der Waals surface area contributed by atoms with Gasteiger partial charge in [-0.05, 0) is 25.7 Å². The van der Waals surface area contributed by atoms with E-state index in [0.717, 1.165) is 12.6 Å². The third-order valence-corrected chi connectivity index (χ3v) is 6.61. The number of nitrogens with zero attached hydrogens (tertiary/aromatic N) is 1. The van der Waals surface area contributed by atoms with Gasteiger partial charge in [-0.25, -0.2) is 0 Å². The molecule has 21 heavy (non-hydrogen) atoms. The predicted octanol–water partition coefficient (Wildman–Crippen LogP) is 3.43. The first-order valence-corrected chi connectivity index (χ1v) is 9.49. The van der Waals surface area contributed by atoms with Crippen molar-refractivity contribution >= 4 is 0 Å². The molecule has 4 aliphatic rings. The summed E-state index contributed by atoms with van der Waals surface area (Å²) in [7, 11) is 0. The van der Waals surface area contributed by atoms with Crippen molar-refractivity contribution in [3.05, 3.63) is 0 Å². The van der Waals surface area contributed by atoms with E-state index in [2.05, 4.69) is 10.2 Å². The summed E-state index contributed by atoms with van der Waals surface area (Å²) in [5, 5.41) is 3.81. The number of hydrogen-bond donors (Lipinski definition) is 1. The van der Waals surface area contributed by atoms with Gasteiger partial charge >= 0.3 is 0 Å². The predicted molar refractivity (Wildman–Crippen MR) is 85.3 cm³/mol. The van der Waals surface area contributed by atoms with Crippen molar-refractivity contribution in [2.24, 2.45) is 0 Å². The van der Waals surface area contributed by atoms with Gasteiger partial charge in [-0.1, -0.05) is 38.5 Å². The van der Waals surface area contributed by atoms with Crippen LogP contribution in [0.15, 0.2) is 0 Å². The molecule has 0 aromatic rings. The number of hydrogen-bond acceptors (Lipinski definition) is 3. The number of piperidine rings is 1. The molecule has 0 atom stereocenters.